The van der Waals surface area contributed by atoms with Gasteiger partial charge < -0.3 is 15.0 Å². The van der Waals surface area contributed by atoms with Crippen molar-refractivity contribution in [3.8, 4) is 0 Å². The maximum atomic E-state index is 11.5. The molecule has 6 heteroatoms. The molecule has 1 amide bonds. The average Bonchev–Trinajstić information content (AvgIpc) is 2.71. The Kier molecular flexibility index (Phi) is 5.75. The topological polar surface area (TPSA) is 71.2 Å². The smallest absolute Gasteiger partial charge is 0.330 e. The van der Waals surface area contributed by atoms with E-state index in [1.54, 1.807) is 25.3 Å². The largest absolute Gasteiger partial charge is 0.463 e. The second-order valence-electron chi connectivity index (χ2n) is 3.10. The van der Waals surface area contributed by atoms with Crippen LogP contribution in [0.2, 0.25) is 0 Å². The second-order valence-corrected chi connectivity index (χ2v) is 4.34. The molecule has 0 bridgehead atoms. The molecule has 0 aromatic carbocycles. The summed E-state index contributed by atoms with van der Waals surface area (Å²) in [6.07, 6.45) is 4.58. The molecule has 1 aromatic heterocycles. The van der Waals surface area contributed by atoms with E-state index in [4.69, 9.17) is 4.74 Å². The Bertz CT molecular complexity index is 426. The maximum Gasteiger partial charge on any atom is 0.330 e. The first kappa shape index (κ1) is 13.8. The quantitative estimate of drug-likeness (QED) is 0.481. The summed E-state index contributed by atoms with van der Waals surface area (Å²) < 4.78 is 5.66. The van der Waals surface area contributed by atoms with Gasteiger partial charge in [-0.05, 0) is 35.6 Å². The SMILES string of the molecule is CCOC(=O)C=CCNC(=O)c1cc(I)c[nH]1. The lowest BCUT2D eigenvalue weighted by Crippen LogP contribution is -2.23. The molecule has 0 aliphatic carbocycles. The van der Waals surface area contributed by atoms with Crippen molar-refractivity contribution < 1.29 is 14.3 Å². The number of amides is 1. The molecule has 0 aliphatic rings. The summed E-state index contributed by atoms with van der Waals surface area (Å²) in [5, 5.41) is 2.64. The third-order valence-electron chi connectivity index (χ3n) is 1.81. The first-order valence-electron chi connectivity index (χ1n) is 5.09. The Hall–Kier alpha value is -1.31. The minimum absolute atomic E-state index is 0.207. The number of hydrogen-bond donors (Lipinski definition) is 2. The zero-order valence-corrected chi connectivity index (χ0v) is 11.5. The summed E-state index contributed by atoms with van der Waals surface area (Å²) >= 11 is 2.11. The van der Waals surface area contributed by atoms with Crippen molar-refractivity contribution in [2.75, 3.05) is 13.2 Å². The molecule has 1 rings (SSSR count). The molecule has 92 valence electrons. The fourth-order valence-corrected chi connectivity index (χ4v) is 1.56. The number of aromatic nitrogens is 1. The summed E-state index contributed by atoms with van der Waals surface area (Å²) in [4.78, 5) is 25.3. The van der Waals surface area contributed by atoms with Crippen molar-refractivity contribution in [2.45, 2.75) is 6.92 Å². The van der Waals surface area contributed by atoms with Gasteiger partial charge in [-0.25, -0.2) is 4.79 Å². The van der Waals surface area contributed by atoms with Gasteiger partial charge in [0.15, 0.2) is 0 Å². The molecule has 2 N–H and O–H groups in total. The molecule has 0 atom stereocenters. The van der Waals surface area contributed by atoms with Crippen LogP contribution in [-0.2, 0) is 9.53 Å². The van der Waals surface area contributed by atoms with Crippen LogP contribution < -0.4 is 5.32 Å². The molecule has 0 saturated carbocycles. The number of carbonyl (C=O) groups is 2. The minimum Gasteiger partial charge on any atom is -0.463 e. The van der Waals surface area contributed by atoms with Crippen molar-refractivity contribution in [3.63, 3.8) is 0 Å². The van der Waals surface area contributed by atoms with Crippen LogP contribution >= 0.6 is 22.6 Å². The number of hydrogen-bond acceptors (Lipinski definition) is 3. The lowest BCUT2D eigenvalue weighted by Gasteiger charge is -1.99. The fourth-order valence-electron chi connectivity index (χ4n) is 1.09. The van der Waals surface area contributed by atoms with Gasteiger partial charge in [-0.3, -0.25) is 4.79 Å². The monoisotopic (exact) mass is 348 g/mol. The van der Waals surface area contributed by atoms with Gasteiger partial charge in [0.25, 0.3) is 5.91 Å². The van der Waals surface area contributed by atoms with Gasteiger partial charge >= 0.3 is 5.97 Å². The van der Waals surface area contributed by atoms with Crippen molar-refractivity contribution >= 4 is 34.5 Å². The molecular formula is C11H13IN2O3. The summed E-state index contributed by atoms with van der Waals surface area (Å²) in [6.45, 7) is 2.37. The van der Waals surface area contributed by atoms with Gasteiger partial charge in [0.1, 0.15) is 5.69 Å². The Morgan fingerprint density at radius 3 is 2.94 bits per heavy atom. The Morgan fingerprint density at radius 1 is 1.59 bits per heavy atom. The predicted octanol–water partition coefficient (Wildman–Crippen LogP) is 1.47. The van der Waals surface area contributed by atoms with Crippen molar-refractivity contribution in [1.29, 1.82) is 0 Å². The van der Waals surface area contributed by atoms with Crippen LogP contribution in [0.15, 0.2) is 24.4 Å². The number of halogens is 1. The molecule has 0 radical (unpaired) electrons. The highest BCUT2D eigenvalue weighted by Gasteiger charge is 2.05. The Balaban J connectivity index is 2.32. The average molecular weight is 348 g/mol. The molecule has 0 saturated heterocycles. The van der Waals surface area contributed by atoms with E-state index < -0.39 is 5.97 Å². The zero-order chi connectivity index (χ0) is 12.7. The molecule has 0 aliphatic heterocycles. The van der Waals surface area contributed by atoms with Crippen LogP contribution in [0.25, 0.3) is 0 Å². The van der Waals surface area contributed by atoms with Crippen molar-refractivity contribution in [1.82, 2.24) is 10.3 Å². The van der Waals surface area contributed by atoms with Crippen LogP contribution in [-0.4, -0.2) is 30.0 Å². The maximum absolute atomic E-state index is 11.5. The van der Waals surface area contributed by atoms with E-state index in [2.05, 4.69) is 32.9 Å². The standard InChI is InChI=1S/C11H13IN2O3/c1-2-17-10(15)4-3-5-13-11(16)9-6-8(12)7-14-9/h3-4,6-7,14H,2,5H2,1H3,(H,13,16). The lowest BCUT2D eigenvalue weighted by atomic mass is 10.4. The molecule has 17 heavy (non-hydrogen) atoms. The highest BCUT2D eigenvalue weighted by atomic mass is 127. The number of carbonyl (C=O) groups excluding carboxylic acids is 2. The van der Waals surface area contributed by atoms with Crippen LogP contribution in [0.5, 0.6) is 0 Å². The molecule has 1 heterocycles. The highest BCUT2D eigenvalue weighted by Crippen LogP contribution is 2.05. The van der Waals surface area contributed by atoms with E-state index in [0.29, 0.717) is 12.3 Å². The van der Waals surface area contributed by atoms with E-state index in [9.17, 15) is 9.59 Å². The molecule has 0 spiro atoms. The van der Waals surface area contributed by atoms with Crippen molar-refractivity contribution in [3.05, 3.63) is 33.7 Å². The van der Waals surface area contributed by atoms with Gasteiger partial charge in [-0.1, -0.05) is 6.08 Å². The molecule has 0 fully saturated rings. The predicted molar refractivity (Wildman–Crippen MR) is 71.6 cm³/mol. The normalized spacial score (nSPS) is 10.5. The van der Waals surface area contributed by atoms with E-state index in [-0.39, 0.29) is 12.5 Å². The van der Waals surface area contributed by atoms with Crippen LogP contribution in [0.1, 0.15) is 17.4 Å². The molecule has 5 nitrogen and oxygen atoms in total. The van der Waals surface area contributed by atoms with E-state index in [1.807, 2.05) is 0 Å². The first-order valence-corrected chi connectivity index (χ1v) is 6.16. The van der Waals surface area contributed by atoms with Crippen LogP contribution in [0.4, 0.5) is 0 Å². The van der Waals surface area contributed by atoms with Crippen LogP contribution in [0.3, 0.4) is 0 Å². The molecule has 1 aromatic rings. The van der Waals surface area contributed by atoms with Gasteiger partial charge in [0, 0.05) is 22.4 Å². The fraction of sp³-hybridized carbons (Fsp3) is 0.273. The molecule has 0 unspecified atom stereocenters. The number of ether oxygens (including phenoxy) is 1. The van der Waals surface area contributed by atoms with E-state index >= 15 is 0 Å². The zero-order valence-electron chi connectivity index (χ0n) is 9.33. The van der Waals surface area contributed by atoms with Gasteiger partial charge in [0.05, 0.1) is 6.61 Å². The number of H-pyrrole nitrogens is 1. The highest BCUT2D eigenvalue weighted by molar-refractivity contribution is 14.1. The number of nitrogens with one attached hydrogen (secondary N) is 2. The Labute approximate surface area is 113 Å². The van der Waals surface area contributed by atoms with Gasteiger partial charge in [0.2, 0.25) is 0 Å². The Morgan fingerprint density at radius 2 is 2.35 bits per heavy atom. The van der Waals surface area contributed by atoms with E-state index in [0.717, 1.165) is 3.57 Å². The van der Waals surface area contributed by atoms with Gasteiger partial charge in [-0.15, -0.1) is 0 Å². The second kappa shape index (κ2) is 7.10. The number of rotatable bonds is 5. The lowest BCUT2D eigenvalue weighted by molar-refractivity contribution is -0.137. The number of esters is 1. The third-order valence-corrected chi connectivity index (χ3v) is 2.44. The van der Waals surface area contributed by atoms with Gasteiger partial charge in [-0.2, -0.15) is 0 Å². The van der Waals surface area contributed by atoms with Crippen molar-refractivity contribution in [2.24, 2.45) is 0 Å². The first-order chi connectivity index (χ1) is 8.13. The summed E-state index contributed by atoms with van der Waals surface area (Å²) in [6, 6.07) is 1.74. The minimum atomic E-state index is -0.406. The van der Waals surface area contributed by atoms with E-state index in [1.165, 1.54) is 6.08 Å². The molecular weight excluding hydrogens is 335 g/mol. The summed E-state index contributed by atoms with van der Waals surface area (Å²) in [7, 11) is 0. The third kappa shape index (κ3) is 5.03. The summed E-state index contributed by atoms with van der Waals surface area (Å²) in [5.74, 6) is -0.613. The number of aromatic amines is 1. The summed E-state index contributed by atoms with van der Waals surface area (Å²) in [5.41, 5.74) is 0.499. The van der Waals surface area contributed by atoms with Crippen LogP contribution in [0, 0.1) is 3.57 Å².